The average Bonchev–Trinajstić information content (AvgIpc) is 3.28. The van der Waals surface area contributed by atoms with E-state index in [1.807, 2.05) is 37.3 Å². The van der Waals surface area contributed by atoms with Crippen molar-refractivity contribution < 1.29 is 13.9 Å². The summed E-state index contributed by atoms with van der Waals surface area (Å²) in [6, 6.07) is 17.8. The molecule has 0 spiro atoms. The maximum atomic E-state index is 14.4. The minimum atomic E-state index is -0.497. The van der Waals surface area contributed by atoms with Crippen molar-refractivity contribution in [1.29, 1.82) is 0 Å². The molecule has 4 aromatic rings. The van der Waals surface area contributed by atoms with Crippen molar-refractivity contribution in [2.75, 3.05) is 19.0 Å². The Kier molecular flexibility index (Phi) is 7.79. The Morgan fingerprint density at radius 2 is 1.78 bits per heavy atom. The SMILES string of the molecule is CCNc1nn(Cc2ccc(Cn3ccccc3=O)cc2)cc1C(=O)NCc1cccc(OC)c1F. The van der Waals surface area contributed by atoms with Gasteiger partial charge >= 0.3 is 0 Å². The van der Waals surface area contributed by atoms with Gasteiger partial charge in [-0.15, -0.1) is 0 Å². The number of aromatic nitrogens is 3. The molecule has 2 aromatic heterocycles. The highest BCUT2D eigenvalue weighted by atomic mass is 19.1. The number of pyridine rings is 1. The van der Waals surface area contributed by atoms with Crippen molar-refractivity contribution in [2.45, 2.75) is 26.6 Å². The van der Waals surface area contributed by atoms with Gasteiger partial charge in [0.2, 0.25) is 0 Å². The fourth-order valence-corrected chi connectivity index (χ4v) is 3.81. The van der Waals surface area contributed by atoms with Gasteiger partial charge in [-0.3, -0.25) is 14.3 Å². The van der Waals surface area contributed by atoms with Crippen LogP contribution < -0.4 is 20.9 Å². The second kappa shape index (κ2) is 11.4. The summed E-state index contributed by atoms with van der Waals surface area (Å²) >= 11 is 0. The number of anilines is 1. The zero-order valence-corrected chi connectivity index (χ0v) is 20.2. The molecule has 9 heteroatoms. The fraction of sp³-hybridized carbons (Fsp3) is 0.222. The van der Waals surface area contributed by atoms with Crippen molar-refractivity contribution in [2.24, 2.45) is 0 Å². The number of hydrogen-bond donors (Lipinski definition) is 2. The number of nitrogens with zero attached hydrogens (tertiary/aromatic N) is 3. The number of ether oxygens (including phenoxy) is 1. The third kappa shape index (κ3) is 5.80. The van der Waals surface area contributed by atoms with Gasteiger partial charge in [-0.2, -0.15) is 5.10 Å². The molecule has 0 saturated heterocycles. The topological polar surface area (TPSA) is 90.2 Å². The van der Waals surface area contributed by atoms with Gasteiger partial charge in [0, 0.05) is 37.1 Å². The third-order valence-corrected chi connectivity index (χ3v) is 5.67. The summed E-state index contributed by atoms with van der Waals surface area (Å²) in [6.45, 7) is 3.48. The van der Waals surface area contributed by atoms with E-state index in [4.69, 9.17) is 4.74 Å². The number of rotatable bonds is 10. The molecule has 0 fully saturated rings. The number of hydrogen-bond acceptors (Lipinski definition) is 5. The smallest absolute Gasteiger partial charge is 0.256 e. The minimum Gasteiger partial charge on any atom is -0.494 e. The fourth-order valence-electron chi connectivity index (χ4n) is 3.81. The summed E-state index contributed by atoms with van der Waals surface area (Å²) in [5.41, 5.74) is 2.66. The van der Waals surface area contributed by atoms with Crippen LogP contribution in [0.4, 0.5) is 10.2 Å². The van der Waals surface area contributed by atoms with Gasteiger partial charge in [-0.05, 0) is 30.2 Å². The number of methoxy groups -OCH3 is 1. The van der Waals surface area contributed by atoms with Crippen LogP contribution in [0.1, 0.15) is 34.0 Å². The first kappa shape index (κ1) is 24.7. The molecule has 0 aliphatic rings. The highest BCUT2D eigenvalue weighted by molar-refractivity contribution is 5.98. The lowest BCUT2D eigenvalue weighted by Gasteiger charge is -2.09. The Morgan fingerprint density at radius 1 is 1.03 bits per heavy atom. The quantitative estimate of drug-likeness (QED) is 0.355. The second-order valence-electron chi connectivity index (χ2n) is 8.22. The zero-order chi connectivity index (χ0) is 25.5. The minimum absolute atomic E-state index is 0.0184. The molecule has 1 amide bonds. The summed E-state index contributed by atoms with van der Waals surface area (Å²) < 4.78 is 22.8. The summed E-state index contributed by atoms with van der Waals surface area (Å²) in [7, 11) is 1.40. The van der Waals surface area contributed by atoms with E-state index in [1.165, 1.54) is 19.2 Å². The first-order chi connectivity index (χ1) is 17.5. The van der Waals surface area contributed by atoms with Crippen molar-refractivity contribution in [3.63, 3.8) is 0 Å². The molecular formula is C27H28FN5O3. The van der Waals surface area contributed by atoms with Crippen molar-refractivity contribution in [1.82, 2.24) is 19.7 Å². The molecule has 0 saturated carbocycles. The van der Waals surface area contributed by atoms with E-state index in [0.717, 1.165) is 11.1 Å². The van der Waals surface area contributed by atoms with Gasteiger partial charge in [-0.25, -0.2) is 4.39 Å². The Labute approximate surface area is 208 Å². The number of benzene rings is 2. The average molecular weight is 490 g/mol. The van der Waals surface area contributed by atoms with Gasteiger partial charge in [0.25, 0.3) is 11.5 Å². The predicted molar refractivity (Wildman–Crippen MR) is 136 cm³/mol. The third-order valence-electron chi connectivity index (χ3n) is 5.67. The van der Waals surface area contributed by atoms with Crippen molar-refractivity contribution >= 4 is 11.7 Å². The van der Waals surface area contributed by atoms with Crippen LogP contribution in [-0.4, -0.2) is 33.9 Å². The molecular weight excluding hydrogens is 461 g/mol. The van der Waals surface area contributed by atoms with Gasteiger partial charge in [0.1, 0.15) is 5.56 Å². The van der Waals surface area contributed by atoms with Crippen LogP contribution in [-0.2, 0) is 19.6 Å². The van der Waals surface area contributed by atoms with Gasteiger partial charge in [-0.1, -0.05) is 42.5 Å². The van der Waals surface area contributed by atoms with E-state index in [9.17, 15) is 14.0 Å². The van der Waals surface area contributed by atoms with Gasteiger partial charge < -0.3 is 19.9 Å². The monoisotopic (exact) mass is 489 g/mol. The van der Waals surface area contributed by atoms with Crippen molar-refractivity contribution in [3.8, 4) is 5.75 Å². The van der Waals surface area contributed by atoms with Crippen LogP contribution in [0.5, 0.6) is 5.75 Å². The standard InChI is InChI=1S/C27H28FN5O3/c1-3-29-26-22(27(35)30-15-21-7-6-8-23(36-2)25(21)28)18-33(31-26)17-20-12-10-19(11-13-20)16-32-14-5-4-9-24(32)34/h4-14,18H,3,15-17H2,1-2H3,(H,29,31)(H,30,35). The second-order valence-corrected chi connectivity index (χ2v) is 8.22. The maximum absolute atomic E-state index is 14.4. The Bertz CT molecular complexity index is 1400. The molecule has 0 radical (unpaired) electrons. The van der Waals surface area contributed by atoms with E-state index in [1.54, 1.807) is 39.8 Å². The van der Waals surface area contributed by atoms with Gasteiger partial charge in [0.15, 0.2) is 17.4 Å². The number of nitrogens with one attached hydrogen (secondary N) is 2. The molecule has 186 valence electrons. The van der Waals surface area contributed by atoms with Crippen LogP contribution in [0, 0.1) is 5.82 Å². The van der Waals surface area contributed by atoms with E-state index in [-0.39, 0.29) is 23.8 Å². The van der Waals surface area contributed by atoms with Crippen LogP contribution >= 0.6 is 0 Å². The molecule has 2 N–H and O–H groups in total. The molecule has 0 unspecified atom stereocenters. The van der Waals surface area contributed by atoms with Crippen LogP contribution in [0.25, 0.3) is 0 Å². The van der Waals surface area contributed by atoms with E-state index >= 15 is 0 Å². The highest BCUT2D eigenvalue weighted by Crippen LogP contribution is 2.20. The molecule has 2 aromatic carbocycles. The number of halogens is 1. The first-order valence-corrected chi connectivity index (χ1v) is 11.6. The summed E-state index contributed by atoms with van der Waals surface area (Å²) in [4.78, 5) is 24.8. The van der Waals surface area contributed by atoms with E-state index in [2.05, 4.69) is 15.7 Å². The maximum Gasteiger partial charge on any atom is 0.256 e. The molecule has 0 aliphatic heterocycles. The Morgan fingerprint density at radius 3 is 2.47 bits per heavy atom. The predicted octanol–water partition coefficient (Wildman–Crippen LogP) is 3.65. The molecule has 0 aliphatic carbocycles. The number of carbonyl (C=O) groups excluding carboxylic acids is 1. The van der Waals surface area contributed by atoms with E-state index < -0.39 is 5.82 Å². The molecule has 0 bridgehead atoms. The lowest BCUT2D eigenvalue weighted by atomic mass is 10.1. The van der Waals surface area contributed by atoms with Crippen LogP contribution in [0.2, 0.25) is 0 Å². The zero-order valence-electron chi connectivity index (χ0n) is 20.2. The largest absolute Gasteiger partial charge is 0.494 e. The van der Waals surface area contributed by atoms with E-state index in [0.29, 0.717) is 36.6 Å². The summed E-state index contributed by atoms with van der Waals surface area (Å²) in [5, 5.41) is 10.4. The number of carbonyl (C=O) groups is 1. The summed E-state index contributed by atoms with van der Waals surface area (Å²) in [5.74, 6) is -0.266. The number of amides is 1. The highest BCUT2D eigenvalue weighted by Gasteiger charge is 2.17. The Hall–Kier alpha value is -4.40. The normalized spacial score (nSPS) is 10.8. The molecule has 8 nitrogen and oxygen atoms in total. The van der Waals surface area contributed by atoms with Crippen LogP contribution in [0.3, 0.4) is 0 Å². The molecule has 2 heterocycles. The molecule has 0 atom stereocenters. The Balaban J connectivity index is 1.44. The first-order valence-electron chi connectivity index (χ1n) is 11.6. The molecule has 4 rings (SSSR count). The van der Waals surface area contributed by atoms with Gasteiger partial charge in [0.05, 0.1) is 20.2 Å². The van der Waals surface area contributed by atoms with Crippen LogP contribution in [0.15, 0.2) is 77.9 Å². The lowest BCUT2D eigenvalue weighted by molar-refractivity contribution is 0.0951. The van der Waals surface area contributed by atoms with Crippen molar-refractivity contribution in [3.05, 3.63) is 111 Å². The molecule has 36 heavy (non-hydrogen) atoms. The summed E-state index contributed by atoms with van der Waals surface area (Å²) in [6.07, 6.45) is 3.43. The lowest BCUT2D eigenvalue weighted by Crippen LogP contribution is -2.24.